The van der Waals surface area contributed by atoms with Gasteiger partial charge in [0, 0.05) is 37.0 Å². The number of hydrogen-bond donors (Lipinski definition) is 1. The van der Waals surface area contributed by atoms with Gasteiger partial charge in [-0.1, -0.05) is 6.92 Å². The summed E-state index contributed by atoms with van der Waals surface area (Å²) < 4.78 is 0. The Balaban J connectivity index is 2.37. The summed E-state index contributed by atoms with van der Waals surface area (Å²) in [5.74, 6) is -0.112. The number of carbonyl (C=O) groups is 1. The second-order valence-corrected chi connectivity index (χ2v) is 5.22. The first kappa shape index (κ1) is 15.3. The van der Waals surface area contributed by atoms with E-state index in [-0.39, 0.29) is 17.6 Å². The summed E-state index contributed by atoms with van der Waals surface area (Å²) in [6.07, 6.45) is 2.92. The first-order valence-electron chi connectivity index (χ1n) is 7.41. The third kappa shape index (κ3) is 3.15. The highest BCUT2D eigenvalue weighted by Gasteiger charge is 2.30. The maximum atomic E-state index is 12.8. The van der Waals surface area contributed by atoms with Crippen LogP contribution >= 0.6 is 0 Å². The van der Waals surface area contributed by atoms with Crippen molar-refractivity contribution in [2.24, 2.45) is 0 Å². The highest BCUT2D eigenvalue weighted by molar-refractivity contribution is 6.00. The first-order valence-corrected chi connectivity index (χ1v) is 7.41. The van der Waals surface area contributed by atoms with Crippen molar-refractivity contribution in [2.45, 2.75) is 39.2 Å². The average molecular weight is 291 g/mol. The molecule has 0 saturated carbocycles. The number of nitro benzene ring substituents is 1. The minimum absolute atomic E-state index is 0.0488. The van der Waals surface area contributed by atoms with Crippen LogP contribution < -0.4 is 5.32 Å². The molecule has 1 saturated heterocycles. The summed E-state index contributed by atoms with van der Waals surface area (Å²) >= 11 is 0. The van der Waals surface area contributed by atoms with Crippen LogP contribution in [0.1, 0.15) is 43.5 Å². The number of amides is 1. The van der Waals surface area contributed by atoms with Crippen LogP contribution in [0, 0.1) is 10.1 Å². The van der Waals surface area contributed by atoms with Crippen LogP contribution in [0.2, 0.25) is 0 Å². The van der Waals surface area contributed by atoms with E-state index in [4.69, 9.17) is 0 Å². The fraction of sp³-hybridized carbons (Fsp3) is 0.533. The van der Waals surface area contributed by atoms with Gasteiger partial charge in [0.25, 0.3) is 11.6 Å². The Labute approximate surface area is 124 Å². The lowest BCUT2D eigenvalue weighted by atomic mass is 10.1. The zero-order chi connectivity index (χ0) is 15.4. The van der Waals surface area contributed by atoms with Crippen LogP contribution in [0.3, 0.4) is 0 Å². The number of nitrogens with zero attached hydrogens (tertiary/aromatic N) is 2. The van der Waals surface area contributed by atoms with Gasteiger partial charge in [-0.3, -0.25) is 14.9 Å². The number of hydrogen-bond acceptors (Lipinski definition) is 4. The molecule has 0 bridgehead atoms. The van der Waals surface area contributed by atoms with Gasteiger partial charge in [0.2, 0.25) is 0 Å². The van der Waals surface area contributed by atoms with Crippen LogP contribution in [0.25, 0.3) is 0 Å². The van der Waals surface area contributed by atoms with E-state index < -0.39 is 4.92 Å². The first-order chi connectivity index (χ1) is 10.1. The van der Waals surface area contributed by atoms with Gasteiger partial charge >= 0.3 is 0 Å². The van der Waals surface area contributed by atoms with Gasteiger partial charge in [-0.15, -0.1) is 0 Å². The second-order valence-electron chi connectivity index (χ2n) is 5.22. The van der Waals surface area contributed by atoms with Crippen molar-refractivity contribution in [2.75, 3.05) is 18.4 Å². The smallest absolute Gasteiger partial charge is 0.270 e. The van der Waals surface area contributed by atoms with E-state index in [0.717, 1.165) is 25.8 Å². The van der Waals surface area contributed by atoms with E-state index in [1.54, 1.807) is 6.07 Å². The van der Waals surface area contributed by atoms with E-state index in [0.29, 0.717) is 17.8 Å². The molecule has 1 atom stereocenters. The molecule has 1 aliphatic heterocycles. The van der Waals surface area contributed by atoms with Gasteiger partial charge in [0.05, 0.1) is 10.5 Å². The summed E-state index contributed by atoms with van der Waals surface area (Å²) in [5.41, 5.74) is 1.01. The molecule has 2 rings (SSSR count). The summed E-state index contributed by atoms with van der Waals surface area (Å²) in [7, 11) is 0. The summed E-state index contributed by atoms with van der Waals surface area (Å²) in [6.45, 7) is 5.39. The molecule has 0 aromatic heterocycles. The zero-order valence-corrected chi connectivity index (χ0v) is 12.5. The molecule has 6 heteroatoms. The maximum absolute atomic E-state index is 12.8. The van der Waals surface area contributed by atoms with Gasteiger partial charge in [-0.2, -0.15) is 0 Å². The standard InChI is InChI=1S/C15H21N3O3/c1-3-11-6-5-9-17(11)15(19)13-10-12(18(20)21)7-8-14(13)16-4-2/h7-8,10-11,16H,3-6,9H2,1-2H3. The molecule has 6 nitrogen and oxygen atoms in total. The molecule has 1 fully saturated rings. The number of likely N-dealkylation sites (tertiary alicyclic amines) is 1. The molecule has 0 spiro atoms. The van der Waals surface area contributed by atoms with Crippen molar-refractivity contribution in [3.63, 3.8) is 0 Å². The Bertz CT molecular complexity index is 545. The minimum Gasteiger partial charge on any atom is -0.385 e. The molecule has 1 heterocycles. The lowest BCUT2D eigenvalue weighted by molar-refractivity contribution is -0.384. The molecule has 0 radical (unpaired) electrons. The predicted octanol–water partition coefficient (Wildman–Crippen LogP) is 3.04. The second kappa shape index (κ2) is 6.56. The topological polar surface area (TPSA) is 75.5 Å². The van der Waals surface area contributed by atoms with Crippen LogP contribution in [0.15, 0.2) is 18.2 Å². The van der Waals surface area contributed by atoms with Crippen LogP contribution in [0.4, 0.5) is 11.4 Å². The number of carbonyl (C=O) groups excluding carboxylic acids is 1. The lowest BCUT2D eigenvalue weighted by Gasteiger charge is -2.24. The number of nitrogens with one attached hydrogen (secondary N) is 1. The molecule has 21 heavy (non-hydrogen) atoms. The van der Waals surface area contributed by atoms with E-state index in [1.165, 1.54) is 12.1 Å². The summed E-state index contributed by atoms with van der Waals surface area (Å²) in [4.78, 5) is 25.1. The average Bonchev–Trinajstić information content (AvgIpc) is 2.95. The van der Waals surface area contributed by atoms with Crippen molar-refractivity contribution < 1.29 is 9.72 Å². The predicted molar refractivity (Wildman–Crippen MR) is 81.6 cm³/mol. The number of benzene rings is 1. The van der Waals surface area contributed by atoms with Gasteiger partial charge in [0.15, 0.2) is 0 Å². The number of nitro groups is 1. The normalized spacial score (nSPS) is 17.8. The van der Waals surface area contributed by atoms with Gasteiger partial charge in [0.1, 0.15) is 0 Å². The fourth-order valence-electron chi connectivity index (χ4n) is 2.85. The Hall–Kier alpha value is -2.11. The Kier molecular flexibility index (Phi) is 4.77. The zero-order valence-electron chi connectivity index (χ0n) is 12.5. The number of anilines is 1. The van der Waals surface area contributed by atoms with E-state index in [1.807, 2.05) is 11.8 Å². The van der Waals surface area contributed by atoms with Gasteiger partial charge in [-0.05, 0) is 32.3 Å². The van der Waals surface area contributed by atoms with E-state index in [2.05, 4.69) is 12.2 Å². The Morgan fingerprint density at radius 1 is 1.48 bits per heavy atom. The van der Waals surface area contributed by atoms with Crippen LogP contribution in [0.5, 0.6) is 0 Å². The molecule has 1 amide bonds. The molecule has 0 aliphatic carbocycles. The molecule has 1 aromatic rings. The maximum Gasteiger partial charge on any atom is 0.270 e. The Morgan fingerprint density at radius 2 is 2.24 bits per heavy atom. The molecule has 1 unspecified atom stereocenters. The van der Waals surface area contributed by atoms with Crippen molar-refractivity contribution in [1.82, 2.24) is 4.90 Å². The third-order valence-electron chi connectivity index (χ3n) is 3.92. The van der Waals surface area contributed by atoms with Crippen molar-refractivity contribution >= 4 is 17.3 Å². The SMILES string of the molecule is CCNc1ccc([N+](=O)[O-])cc1C(=O)N1CCCC1CC. The van der Waals surface area contributed by atoms with E-state index in [9.17, 15) is 14.9 Å². The van der Waals surface area contributed by atoms with Crippen LogP contribution in [-0.4, -0.2) is 34.9 Å². The van der Waals surface area contributed by atoms with Crippen molar-refractivity contribution in [3.8, 4) is 0 Å². The highest BCUT2D eigenvalue weighted by atomic mass is 16.6. The summed E-state index contributed by atoms with van der Waals surface area (Å²) in [5, 5.41) is 14.1. The number of non-ortho nitro benzene ring substituents is 1. The molecule has 1 aromatic carbocycles. The highest BCUT2D eigenvalue weighted by Crippen LogP contribution is 2.28. The molecule has 1 aliphatic rings. The fourth-order valence-corrected chi connectivity index (χ4v) is 2.85. The van der Waals surface area contributed by atoms with E-state index >= 15 is 0 Å². The molecular weight excluding hydrogens is 270 g/mol. The monoisotopic (exact) mass is 291 g/mol. The number of rotatable bonds is 5. The van der Waals surface area contributed by atoms with Crippen LogP contribution in [-0.2, 0) is 0 Å². The minimum atomic E-state index is -0.464. The lowest BCUT2D eigenvalue weighted by Crippen LogP contribution is -2.35. The van der Waals surface area contributed by atoms with Crippen molar-refractivity contribution in [1.29, 1.82) is 0 Å². The largest absolute Gasteiger partial charge is 0.385 e. The quantitative estimate of drug-likeness (QED) is 0.668. The Morgan fingerprint density at radius 3 is 2.86 bits per heavy atom. The molecule has 1 N–H and O–H groups in total. The summed E-state index contributed by atoms with van der Waals surface area (Å²) in [6, 6.07) is 4.67. The van der Waals surface area contributed by atoms with Gasteiger partial charge in [-0.25, -0.2) is 0 Å². The molecular formula is C15H21N3O3. The molecule has 114 valence electrons. The van der Waals surface area contributed by atoms with Gasteiger partial charge < -0.3 is 10.2 Å². The third-order valence-corrected chi connectivity index (χ3v) is 3.92. The van der Waals surface area contributed by atoms with Crippen molar-refractivity contribution in [3.05, 3.63) is 33.9 Å².